The smallest absolute Gasteiger partial charge is 0.0578 e. The standard InChI is InChI=1S/C14H20N2/c1-3-11-16-14(2,12-15)10-9-13-7-5-4-6-8-13/h1,4-8,16H,9-12,15H2,2H3. The third-order valence-corrected chi connectivity index (χ3v) is 2.88. The Morgan fingerprint density at radius 2 is 2.06 bits per heavy atom. The first-order valence-corrected chi connectivity index (χ1v) is 5.63. The van der Waals surface area contributed by atoms with E-state index in [0.29, 0.717) is 13.1 Å². The Morgan fingerprint density at radius 3 is 2.62 bits per heavy atom. The molecule has 2 heteroatoms. The van der Waals surface area contributed by atoms with E-state index in [1.807, 2.05) is 6.07 Å². The van der Waals surface area contributed by atoms with Crippen molar-refractivity contribution in [3.63, 3.8) is 0 Å². The van der Waals surface area contributed by atoms with Crippen molar-refractivity contribution in [2.75, 3.05) is 13.1 Å². The molecule has 1 aromatic rings. The summed E-state index contributed by atoms with van der Waals surface area (Å²) in [5.74, 6) is 2.59. The van der Waals surface area contributed by atoms with Crippen LogP contribution in [0.4, 0.5) is 0 Å². The predicted molar refractivity (Wildman–Crippen MR) is 69.1 cm³/mol. The lowest BCUT2D eigenvalue weighted by atomic mass is 9.93. The number of hydrogen-bond acceptors (Lipinski definition) is 2. The summed E-state index contributed by atoms with van der Waals surface area (Å²) in [6, 6.07) is 10.4. The van der Waals surface area contributed by atoms with Crippen molar-refractivity contribution in [3.8, 4) is 12.3 Å². The van der Waals surface area contributed by atoms with E-state index < -0.39 is 0 Å². The molecule has 0 fully saturated rings. The SMILES string of the molecule is C#CCNC(C)(CN)CCc1ccccc1. The summed E-state index contributed by atoms with van der Waals surface area (Å²) in [6.07, 6.45) is 7.26. The highest BCUT2D eigenvalue weighted by atomic mass is 15.0. The zero-order chi connectivity index (χ0) is 11.9. The summed E-state index contributed by atoms with van der Waals surface area (Å²) in [5, 5.41) is 3.30. The number of benzene rings is 1. The highest BCUT2D eigenvalue weighted by molar-refractivity contribution is 5.15. The zero-order valence-corrected chi connectivity index (χ0v) is 9.87. The van der Waals surface area contributed by atoms with Gasteiger partial charge in [0.15, 0.2) is 0 Å². The van der Waals surface area contributed by atoms with Crippen LogP contribution in [0.2, 0.25) is 0 Å². The van der Waals surface area contributed by atoms with Crippen molar-refractivity contribution in [1.29, 1.82) is 0 Å². The van der Waals surface area contributed by atoms with Gasteiger partial charge in [-0.1, -0.05) is 36.3 Å². The van der Waals surface area contributed by atoms with Crippen LogP contribution in [0.1, 0.15) is 18.9 Å². The summed E-state index contributed by atoms with van der Waals surface area (Å²) >= 11 is 0. The minimum atomic E-state index is -0.0673. The number of rotatable bonds is 6. The van der Waals surface area contributed by atoms with E-state index in [-0.39, 0.29) is 5.54 Å². The van der Waals surface area contributed by atoms with E-state index in [2.05, 4.69) is 42.4 Å². The number of nitrogens with two attached hydrogens (primary N) is 1. The van der Waals surface area contributed by atoms with Crippen LogP contribution in [0.3, 0.4) is 0 Å². The second kappa shape index (κ2) is 6.32. The summed E-state index contributed by atoms with van der Waals surface area (Å²) in [5.41, 5.74) is 7.05. The lowest BCUT2D eigenvalue weighted by Crippen LogP contribution is -2.49. The van der Waals surface area contributed by atoms with Crippen LogP contribution in [-0.4, -0.2) is 18.6 Å². The van der Waals surface area contributed by atoms with Crippen molar-refractivity contribution in [3.05, 3.63) is 35.9 Å². The van der Waals surface area contributed by atoms with Crippen molar-refractivity contribution < 1.29 is 0 Å². The lowest BCUT2D eigenvalue weighted by Gasteiger charge is -2.28. The molecule has 16 heavy (non-hydrogen) atoms. The van der Waals surface area contributed by atoms with Crippen molar-refractivity contribution in [1.82, 2.24) is 5.32 Å². The Labute approximate surface area is 98.2 Å². The van der Waals surface area contributed by atoms with E-state index in [1.165, 1.54) is 5.56 Å². The number of hydrogen-bond donors (Lipinski definition) is 2. The Bertz CT molecular complexity index is 340. The molecule has 86 valence electrons. The Hall–Kier alpha value is -1.30. The molecule has 0 spiro atoms. The van der Waals surface area contributed by atoms with Gasteiger partial charge in [0.05, 0.1) is 6.54 Å². The average Bonchev–Trinajstić information content (AvgIpc) is 2.35. The minimum absolute atomic E-state index is 0.0673. The van der Waals surface area contributed by atoms with E-state index in [0.717, 1.165) is 12.8 Å². The zero-order valence-electron chi connectivity index (χ0n) is 9.87. The molecule has 1 rings (SSSR count). The lowest BCUT2D eigenvalue weighted by molar-refractivity contribution is 0.356. The molecule has 1 aromatic carbocycles. The summed E-state index contributed by atoms with van der Waals surface area (Å²) in [7, 11) is 0. The molecule has 0 bridgehead atoms. The van der Waals surface area contributed by atoms with Crippen LogP contribution in [-0.2, 0) is 6.42 Å². The van der Waals surface area contributed by atoms with Gasteiger partial charge in [-0.3, -0.25) is 5.32 Å². The fourth-order valence-corrected chi connectivity index (χ4v) is 1.59. The van der Waals surface area contributed by atoms with E-state index in [9.17, 15) is 0 Å². The van der Waals surface area contributed by atoms with Gasteiger partial charge in [-0.2, -0.15) is 0 Å². The molecule has 0 amide bonds. The highest BCUT2D eigenvalue weighted by Crippen LogP contribution is 2.12. The van der Waals surface area contributed by atoms with Crippen molar-refractivity contribution in [2.45, 2.75) is 25.3 Å². The first kappa shape index (κ1) is 12.8. The van der Waals surface area contributed by atoms with Gasteiger partial charge in [-0.15, -0.1) is 6.42 Å². The molecule has 1 atom stereocenters. The molecule has 0 saturated carbocycles. The molecule has 1 unspecified atom stereocenters. The molecule has 0 aromatic heterocycles. The average molecular weight is 216 g/mol. The maximum absolute atomic E-state index is 5.78. The molecule has 3 N–H and O–H groups in total. The van der Waals surface area contributed by atoms with Crippen LogP contribution in [0.25, 0.3) is 0 Å². The maximum atomic E-state index is 5.78. The van der Waals surface area contributed by atoms with E-state index in [1.54, 1.807) is 0 Å². The highest BCUT2D eigenvalue weighted by Gasteiger charge is 2.20. The van der Waals surface area contributed by atoms with Gasteiger partial charge in [-0.05, 0) is 25.3 Å². The topological polar surface area (TPSA) is 38.0 Å². The first-order chi connectivity index (χ1) is 7.70. The first-order valence-electron chi connectivity index (χ1n) is 5.63. The molecule has 0 aliphatic heterocycles. The molecular formula is C14H20N2. The van der Waals surface area contributed by atoms with E-state index in [4.69, 9.17) is 12.2 Å². The van der Waals surface area contributed by atoms with Crippen LogP contribution in [0.5, 0.6) is 0 Å². The fourth-order valence-electron chi connectivity index (χ4n) is 1.59. The van der Waals surface area contributed by atoms with Crippen LogP contribution in [0, 0.1) is 12.3 Å². The minimum Gasteiger partial charge on any atom is -0.329 e. The normalized spacial score (nSPS) is 14.1. The molecular weight excluding hydrogens is 196 g/mol. The number of nitrogens with one attached hydrogen (secondary N) is 1. The third-order valence-electron chi connectivity index (χ3n) is 2.88. The van der Waals surface area contributed by atoms with Gasteiger partial charge in [0, 0.05) is 12.1 Å². The Morgan fingerprint density at radius 1 is 1.38 bits per heavy atom. The summed E-state index contributed by atoms with van der Waals surface area (Å²) in [6.45, 7) is 3.29. The fraction of sp³-hybridized carbons (Fsp3) is 0.429. The third kappa shape index (κ3) is 4.06. The van der Waals surface area contributed by atoms with Crippen LogP contribution < -0.4 is 11.1 Å². The van der Waals surface area contributed by atoms with E-state index >= 15 is 0 Å². The second-order valence-electron chi connectivity index (χ2n) is 4.31. The van der Waals surface area contributed by atoms with Gasteiger partial charge in [-0.25, -0.2) is 0 Å². The van der Waals surface area contributed by atoms with Gasteiger partial charge in [0.25, 0.3) is 0 Å². The number of terminal acetylenes is 1. The Kier molecular flexibility index (Phi) is 5.04. The largest absolute Gasteiger partial charge is 0.329 e. The second-order valence-corrected chi connectivity index (χ2v) is 4.31. The molecule has 0 saturated heterocycles. The molecule has 0 aliphatic carbocycles. The van der Waals surface area contributed by atoms with Gasteiger partial charge in [0.2, 0.25) is 0 Å². The molecule has 0 radical (unpaired) electrons. The quantitative estimate of drug-likeness (QED) is 0.708. The summed E-state index contributed by atoms with van der Waals surface area (Å²) in [4.78, 5) is 0. The van der Waals surface area contributed by atoms with Crippen LogP contribution >= 0.6 is 0 Å². The molecule has 0 aliphatic rings. The van der Waals surface area contributed by atoms with Crippen LogP contribution in [0.15, 0.2) is 30.3 Å². The van der Waals surface area contributed by atoms with Gasteiger partial charge >= 0.3 is 0 Å². The van der Waals surface area contributed by atoms with Gasteiger partial charge in [0.1, 0.15) is 0 Å². The Balaban J connectivity index is 2.48. The van der Waals surface area contributed by atoms with Crippen molar-refractivity contribution in [2.24, 2.45) is 5.73 Å². The molecule has 2 nitrogen and oxygen atoms in total. The van der Waals surface area contributed by atoms with Crippen molar-refractivity contribution >= 4 is 0 Å². The maximum Gasteiger partial charge on any atom is 0.0578 e. The molecule has 0 heterocycles. The monoisotopic (exact) mass is 216 g/mol. The van der Waals surface area contributed by atoms with Gasteiger partial charge < -0.3 is 5.73 Å². The summed E-state index contributed by atoms with van der Waals surface area (Å²) < 4.78 is 0. The number of aryl methyl sites for hydroxylation is 1. The predicted octanol–water partition coefficient (Wildman–Crippen LogP) is 1.56.